The zero-order valence-corrected chi connectivity index (χ0v) is 10.5. The molecule has 0 amide bonds. The summed E-state index contributed by atoms with van der Waals surface area (Å²) in [4.78, 5) is 16.1. The molecule has 0 saturated carbocycles. The smallest absolute Gasteiger partial charge is 0.339 e. The number of pyridine rings is 1. The molecule has 5 nitrogen and oxygen atoms in total. The van der Waals surface area contributed by atoms with Crippen molar-refractivity contribution in [3.8, 4) is 0 Å². The quantitative estimate of drug-likeness (QED) is 0.830. The number of imidazole rings is 1. The molecule has 18 heavy (non-hydrogen) atoms. The van der Waals surface area contributed by atoms with Crippen molar-refractivity contribution in [2.45, 2.75) is 20.3 Å². The number of hydrogen-bond donors (Lipinski definition) is 1. The van der Waals surface area contributed by atoms with Crippen LogP contribution in [0.15, 0.2) is 18.5 Å². The van der Waals surface area contributed by atoms with Crippen LogP contribution < -0.4 is 0 Å². The summed E-state index contributed by atoms with van der Waals surface area (Å²) in [5, 5.41) is 9.07. The van der Waals surface area contributed by atoms with Gasteiger partial charge < -0.3 is 14.2 Å². The van der Waals surface area contributed by atoms with Crippen LogP contribution in [-0.4, -0.2) is 33.7 Å². The fourth-order valence-corrected chi connectivity index (χ4v) is 1.92. The van der Waals surface area contributed by atoms with E-state index in [-0.39, 0.29) is 12.6 Å². The molecule has 5 heteroatoms. The Labute approximate surface area is 105 Å². The van der Waals surface area contributed by atoms with Crippen LogP contribution >= 0.6 is 0 Å². The molecule has 0 radical (unpaired) electrons. The molecular weight excluding hydrogens is 232 g/mol. The number of fused-ring (bicyclic) bond motifs is 1. The molecule has 0 atom stereocenters. The SMILES string of the molecule is CCOC(=O)c1cc(CCO)c2nc(C)cn2c1. The molecule has 0 bridgehead atoms. The minimum atomic E-state index is -0.357. The molecule has 0 aliphatic rings. The first-order valence-electron chi connectivity index (χ1n) is 5.92. The van der Waals surface area contributed by atoms with Crippen LogP contribution in [0.3, 0.4) is 0 Å². The van der Waals surface area contributed by atoms with Crippen LogP contribution in [0.1, 0.15) is 28.5 Å². The summed E-state index contributed by atoms with van der Waals surface area (Å²) in [6.45, 7) is 4.02. The monoisotopic (exact) mass is 248 g/mol. The summed E-state index contributed by atoms with van der Waals surface area (Å²) >= 11 is 0. The molecule has 2 aromatic rings. The lowest BCUT2D eigenvalue weighted by atomic mass is 10.1. The molecule has 0 spiro atoms. The minimum Gasteiger partial charge on any atom is -0.462 e. The van der Waals surface area contributed by atoms with Crippen molar-refractivity contribution in [1.82, 2.24) is 9.38 Å². The van der Waals surface area contributed by atoms with Gasteiger partial charge in [0.25, 0.3) is 0 Å². The first kappa shape index (κ1) is 12.6. The summed E-state index contributed by atoms with van der Waals surface area (Å²) in [5.74, 6) is -0.357. The molecule has 0 unspecified atom stereocenters. The number of esters is 1. The maximum atomic E-state index is 11.7. The Morgan fingerprint density at radius 2 is 2.28 bits per heavy atom. The number of aryl methyl sites for hydroxylation is 1. The van der Waals surface area contributed by atoms with E-state index < -0.39 is 0 Å². The Bertz CT molecular complexity index is 575. The average Bonchev–Trinajstić information content (AvgIpc) is 2.70. The maximum absolute atomic E-state index is 11.7. The van der Waals surface area contributed by atoms with E-state index in [1.165, 1.54) is 0 Å². The number of rotatable bonds is 4. The molecule has 2 heterocycles. The molecule has 2 rings (SSSR count). The third kappa shape index (κ3) is 2.36. The Morgan fingerprint density at radius 3 is 2.94 bits per heavy atom. The summed E-state index contributed by atoms with van der Waals surface area (Å²) in [6.07, 6.45) is 4.01. The highest BCUT2D eigenvalue weighted by atomic mass is 16.5. The van der Waals surface area contributed by atoms with Gasteiger partial charge in [-0.25, -0.2) is 9.78 Å². The number of aromatic nitrogens is 2. The van der Waals surface area contributed by atoms with Crippen molar-refractivity contribution >= 4 is 11.6 Å². The average molecular weight is 248 g/mol. The van der Waals surface area contributed by atoms with Crippen LogP contribution in [0.2, 0.25) is 0 Å². The van der Waals surface area contributed by atoms with Gasteiger partial charge in [0, 0.05) is 19.0 Å². The van der Waals surface area contributed by atoms with Gasteiger partial charge in [-0.2, -0.15) is 0 Å². The van der Waals surface area contributed by atoms with Crippen molar-refractivity contribution in [3.63, 3.8) is 0 Å². The zero-order chi connectivity index (χ0) is 13.1. The van der Waals surface area contributed by atoms with Gasteiger partial charge in [0.2, 0.25) is 0 Å². The van der Waals surface area contributed by atoms with E-state index in [0.717, 1.165) is 16.9 Å². The molecule has 96 valence electrons. The van der Waals surface area contributed by atoms with Crippen molar-refractivity contribution < 1.29 is 14.6 Å². The van der Waals surface area contributed by atoms with E-state index in [0.29, 0.717) is 18.6 Å². The summed E-state index contributed by atoms with van der Waals surface area (Å²) < 4.78 is 6.78. The van der Waals surface area contributed by atoms with E-state index >= 15 is 0 Å². The van der Waals surface area contributed by atoms with E-state index in [9.17, 15) is 4.79 Å². The highest BCUT2D eigenvalue weighted by Gasteiger charge is 2.12. The number of aliphatic hydroxyl groups excluding tert-OH is 1. The van der Waals surface area contributed by atoms with E-state index in [1.807, 2.05) is 13.1 Å². The predicted octanol–water partition coefficient (Wildman–Crippen LogP) is 1.35. The van der Waals surface area contributed by atoms with Crippen molar-refractivity contribution in [1.29, 1.82) is 0 Å². The van der Waals surface area contributed by atoms with Gasteiger partial charge >= 0.3 is 5.97 Å². The first-order valence-corrected chi connectivity index (χ1v) is 5.92. The molecule has 0 aromatic carbocycles. The van der Waals surface area contributed by atoms with E-state index in [1.54, 1.807) is 23.6 Å². The second-order valence-corrected chi connectivity index (χ2v) is 4.06. The summed E-state index contributed by atoms with van der Waals surface area (Å²) in [5.41, 5.74) is 2.96. The molecule has 0 saturated heterocycles. The van der Waals surface area contributed by atoms with Crippen molar-refractivity contribution in [3.05, 3.63) is 35.3 Å². The van der Waals surface area contributed by atoms with Gasteiger partial charge in [0.15, 0.2) is 0 Å². The van der Waals surface area contributed by atoms with Crippen molar-refractivity contribution in [2.75, 3.05) is 13.2 Å². The molecule has 2 aromatic heterocycles. The van der Waals surface area contributed by atoms with Crippen LogP contribution in [0.25, 0.3) is 5.65 Å². The lowest BCUT2D eigenvalue weighted by Gasteiger charge is -2.06. The normalized spacial score (nSPS) is 10.8. The Morgan fingerprint density at radius 1 is 1.50 bits per heavy atom. The van der Waals surface area contributed by atoms with Crippen LogP contribution in [0.5, 0.6) is 0 Å². The zero-order valence-electron chi connectivity index (χ0n) is 10.5. The van der Waals surface area contributed by atoms with Crippen LogP contribution in [0, 0.1) is 6.92 Å². The Balaban J connectivity index is 2.52. The second kappa shape index (κ2) is 5.18. The fourth-order valence-electron chi connectivity index (χ4n) is 1.92. The second-order valence-electron chi connectivity index (χ2n) is 4.06. The van der Waals surface area contributed by atoms with E-state index in [4.69, 9.17) is 9.84 Å². The molecule has 0 fully saturated rings. The minimum absolute atomic E-state index is 0.0217. The first-order chi connectivity index (χ1) is 8.65. The summed E-state index contributed by atoms with van der Waals surface area (Å²) in [6, 6.07) is 1.73. The van der Waals surface area contributed by atoms with Crippen LogP contribution in [-0.2, 0) is 11.2 Å². The molecule has 0 aliphatic heterocycles. The standard InChI is InChI=1S/C13H16N2O3/c1-3-18-13(17)11-6-10(4-5-16)12-14-9(2)7-15(12)8-11/h6-8,16H,3-5H2,1-2H3. The van der Waals surface area contributed by atoms with Crippen molar-refractivity contribution in [2.24, 2.45) is 0 Å². The Hall–Kier alpha value is -1.88. The van der Waals surface area contributed by atoms with Gasteiger partial charge in [-0.15, -0.1) is 0 Å². The highest BCUT2D eigenvalue weighted by molar-refractivity contribution is 5.89. The molecule has 1 N–H and O–H groups in total. The highest BCUT2D eigenvalue weighted by Crippen LogP contribution is 2.15. The topological polar surface area (TPSA) is 63.8 Å². The number of carbonyl (C=O) groups is 1. The van der Waals surface area contributed by atoms with Gasteiger partial charge in [-0.3, -0.25) is 0 Å². The summed E-state index contributed by atoms with van der Waals surface area (Å²) in [7, 11) is 0. The Kier molecular flexibility index (Phi) is 3.62. The fraction of sp³-hybridized carbons (Fsp3) is 0.385. The van der Waals surface area contributed by atoms with Gasteiger partial charge in [-0.05, 0) is 31.9 Å². The number of nitrogens with zero attached hydrogens (tertiary/aromatic N) is 2. The number of hydrogen-bond acceptors (Lipinski definition) is 4. The van der Waals surface area contributed by atoms with Gasteiger partial charge in [-0.1, -0.05) is 0 Å². The number of aliphatic hydroxyl groups is 1. The largest absolute Gasteiger partial charge is 0.462 e. The van der Waals surface area contributed by atoms with Gasteiger partial charge in [0.1, 0.15) is 5.65 Å². The van der Waals surface area contributed by atoms with Crippen LogP contribution in [0.4, 0.5) is 0 Å². The molecular formula is C13H16N2O3. The van der Waals surface area contributed by atoms with Gasteiger partial charge in [0.05, 0.1) is 17.9 Å². The lowest BCUT2D eigenvalue weighted by molar-refractivity contribution is 0.0525. The predicted molar refractivity (Wildman–Crippen MR) is 66.7 cm³/mol. The third-order valence-electron chi connectivity index (χ3n) is 2.64. The maximum Gasteiger partial charge on any atom is 0.339 e. The number of carbonyl (C=O) groups excluding carboxylic acids is 1. The third-order valence-corrected chi connectivity index (χ3v) is 2.64. The molecule has 0 aliphatic carbocycles. The van der Waals surface area contributed by atoms with E-state index in [2.05, 4.69) is 4.98 Å². The lowest BCUT2D eigenvalue weighted by Crippen LogP contribution is -2.08. The number of ether oxygens (including phenoxy) is 1.